The van der Waals surface area contributed by atoms with Crippen molar-refractivity contribution in [3.05, 3.63) is 54.4 Å². The number of benzene rings is 2. The van der Waals surface area contributed by atoms with Crippen molar-refractivity contribution >= 4 is 11.6 Å². The summed E-state index contributed by atoms with van der Waals surface area (Å²) >= 11 is 0. The molecule has 0 aliphatic rings. The molecule has 1 amide bonds. The number of rotatable bonds is 5. The number of nitrogens with one attached hydrogen (secondary N) is 1. The van der Waals surface area contributed by atoms with Crippen LogP contribution in [0.1, 0.15) is 10.4 Å². The molecule has 3 aromatic rings. The van der Waals surface area contributed by atoms with Crippen LogP contribution in [0.2, 0.25) is 0 Å². The Morgan fingerprint density at radius 2 is 1.88 bits per heavy atom. The average Bonchev–Trinajstić information content (AvgIpc) is 3.16. The summed E-state index contributed by atoms with van der Waals surface area (Å²) in [5, 5.41) is 13.8. The lowest BCUT2D eigenvalue weighted by Crippen LogP contribution is -2.14. The third-order valence-corrected chi connectivity index (χ3v) is 3.40. The Morgan fingerprint density at radius 3 is 2.58 bits per heavy atom. The van der Waals surface area contributed by atoms with Gasteiger partial charge in [-0.2, -0.15) is 0 Å². The first-order valence-electron chi connectivity index (χ1n) is 7.08. The van der Waals surface area contributed by atoms with Gasteiger partial charge in [-0.25, -0.2) is 4.68 Å². The van der Waals surface area contributed by atoms with E-state index in [0.717, 1.165) is 0 Å². The second-order valence-electron chi connectivity index (χ2n) is 4.79. The van der Waals surface area contributed by atoms with Gasteiger partial charge in [-0.05, 0) is 34.7 Å². The molecule has 0 atom stereocenters. The molecular weight excluding hydrogens is 310 g/mol. The van der Waals surface area contributed by atoms with E-state index < -0.39 is 0 Å². The molecule has 0 aliphatic carbocycles. The number of aromatic nitrogens is 4. The monoisotopic (exact) mass is 325 g/mol. The molecule has 3 rings (SSSR count). The van der Waals surface area contributed by atoms with E-state index in [9.17, 15) is 4.79 Å². The number of anilines is 1. The Kier molecular flexibility index (Phi) is 4.37. The first-order chi connectivity index (χ1) is 11.7. The van der Waals surface area contributed by atoms with Gasteiger partial charge in [-0.3, -0.25) is 4.79 Å². The fourth-order valence-electron chi connectivity index (χ4n) is 2.23. The molecule has 1 aromatic heterocycles. The van der Waals surface area contributed by atoms with Gasteiger partial charge in [0.25, 0.3) is 5.91 Å². The van der Waals surface area contributed by atoms with Gasteiger partial charge in [-0.15, -0.1) is 5.10 Å². The fourth-order valence-corrected chi connectivity index (χ4v) is 2.23. The van der Waals surface area contributed by atoms with Gasteiger partial charge >= 0.3 is 0 Å². The molecule has 1 heterocycles. The predicted octanol–water partition coefficient (Wildman–Crippen LogP) is 1.93. The standard InChI is InChI=1S/C16H15N5O3/c1-23-14-6-4-3-5-12(14)16(22)18-13-8-7-11(9-15(13)24-2)21-10-17-19-20-21/h3-10H,1-2H3,(H,18,22). The minimum absolute atomic E-state index is 0.291. The van der Waals surface area contributed by atoms with E-state index in [0.29, 0.717) is 28.4 Å². The maximum absolute atomic E-state index is 12.5. The van der Waals surface area contributed by atoms with Crippen LogP contribution in [0.4, 0.5) is 5.69 Å². The number of carbonyl (C=O) groups excluding carboxylic acids is 1. The first-order valence-corrected chi connectivity index (χ1v) is 7.08. The van der Waals surface area contributed by atoms with Crippen molar-refractivity contribution in [3.8, 4) is 17.2 Å². The highest BCUT2D eigenvalue weighted by Crippen LogP contribution is 2.28. The van der Waals surface area contributed by atoms with Gasteiger partial charge in [0.2, 0.25) is 0 Å². The lowest BCUT2D eigenvalue weighted by Gasteiger charge is -2.13. The maximum Gasteiger partial charge on any atom is 0.259 e. The van der Waals surface area contributed by atoms with E-state index >= 15 is 0 Å². The first kappa shape index (κ1) is 15.5. The molecule has 0 radical (unpaired) electrons. The molecule has 8 heteroatoms. The maximum atomic E-state index is 12.5. The van der Waals surface area contributed by atoms with Crippen LogP contribution in [0.3, 0.4) is 0 Å². The van der Waals surface area contributed by atoms with Gasteiger partial charge in [0.15, 0.2) is 0 Å². The molecule has 24 heavy (non-hydrogen) atoms. The molecule has 0 aliphatic heterocycles. The van der Waals surface area contributed by atoms with Crippen LogP contribution < -0.4 is 14.8 Å². The third-order valence-electron chi connectivity index (χ3n) is 3.40. The summed E-state index contributed by atoms with van der Waals surface area (Å²) in [5.41, 5.74) is 1.68. The summed E-state index contributed by atoms with van der Waals surface area (Å²) in [6.07, 6.45) is 1.47. The highest BCUT2D eigenvalue weighted by molar-refractivity contribution is 6.06. The van der Waals surface area contributed by atoms with E-state index in [1.807, 2.05) is 0 Å². The van der Waals surface area contributed by atoms with Crippen molar-refractivity contribution in [2.75, 3.05) is 19.5 Å². The quantitative estimate of drug-likeness (QED) is 0.771. The minimum Gasteiger partial charge on any atom is -0.496 e. The molecule has 1 N–H and O–H groups in total. The number of amides is 1. The number of nitrogens with zero attached hydrogens (tertiary/aromatic N) is 4. The molecular formula is C16H15N5O3. The van der Waals surface area contributed by atoms with E-state index in [2.05, 4.69) is 20.8 Å². The SMILES string of the molecule is COc1cc(-n2cnnn2)ccc1NC(=O)c1ccccc1OC. The summed E-state index contributed by atoms with van der Waals surface area (Å²) < 4.78 is 12.1. The van der Waals surface area contributed by atoms with Crippen molar-refractivity contribution in [2.45, 2.75) is 0 Å². The van der Waals surface area contributed by atoms with Crippen molar-refractivity contribution in [3.63, 3.8) is 0 Å². The van der Waals surface area contributed by atoms with Crippen molar-refractivity contribution in [1.29, 1.82) is 0 Å². The lowest BCUT2D eigenvalue weighted by molar-refractivity contribution is 0.102. The largest absolute Gasteiger partial charge is 0.496 e. The summed E-state index contributed by atoms with van der Waals surface area (Å²) in [7, 11) is 3.05. The smallest absolute Gasteiger partial charge is 0.259 e. The van der Waals surface area contributed by atoms with E-state index in [-0.39, 0.29) is 5.91 Å². The zero-order valence-corrected chi connectivity index (χ0v) is 13.1. The van der Waals surface area contributed by atoms with Crippen LogP contribution in [0.25, 0.3) is 5.69 Å². The number of hydrogen-bond acceptors (Lipinski definition) is 6. The van der Waals surface area contributed by atoms with Crippen LogP contribution in [-0.4, -0.2) is 40.3 Å². The molecule has 2 aromatic carbocycles. The van der Waals surface area contributed by atoms with Crippen LogP contribution >= 0.6 is 0 Å². The van der Waals surface area contributed by atoms with Crippen molar-refractivity contribution < 1.29 is 14.3 Å². The van der Waals surface area contributed by atoms with Crippen LogP contribution in [0, 0.1) is 0 Å². The zero-order valence-electron chi connectivity index (χ0n) is 13.1. The molecule has 0 spiro atoms. The van der Waals surface area contributed by atoms with E-state index in [1.54, 1.807) is 42.5 Å². The lowest BCUT2D eigenvalue weighted by atomic mass is 10.1. The number of tetrazole rings is 1. The minimum atomic E-state index is -0.291. The highest BCUT2D eigenvalue weighted by atomic mass is 16.5. The van der Waals surface area contributed by atoms with Gasteiger partial charge in [0.05, 0.1) is 31.2 Å². The number of methoxy groups -OCH3 is 2. The summed E-state index contributed by atoms with van der Waals surface area (Å²) in [4.78, 5) is 12.5. The number of hydrogen-bond donors (Lipinski definition) is 1. The van der Waals surface area contributed by atoms with Gasteiger partial charge in [0, 0.05) is 6.07 Å². The molecule has 0 saturated carbocycles. The zero-order chi connectivity index (χ0) is 16.9. The average molecular weight is 325 g/mol. The Bertz CT molecular complexity index is 849. The normalized spacial score (nSPS) is 10.2. The molecule has 0 saturated heterocycles. The molecule has 8 nitrogen and oxygen atoms in total. The Morgan fingerprint density at radius 1 is 1.08 bits per heavy atom. The number of para-hydroxylation sites is 1. The molecule has 0 bridgehead atoms. The van der Waals surface area contributed by atoms with Crippen LogP contribution in [-0.2, 0) is 0 Å². The van der Waals surface area contributed by atoms with Crippen LogP contribution in [0.5, 0.6) is 11.5 Å². The van der Waals surface area contributed by atoms with Gasteiger partial charge in [0.1, 0.15) is 17.8 Å². The van der Waals surface area contributed by atoms with Gasteiger partial charge in [-0.1, -0.05) is 12.1 Å². The molecule has 0 unspecified atom stereocenters. The van der Waals surface area contributed by atoms with Crippen LogP contribution in [0.15, 0.2) is 48.8 Å². The van der Waals surface area contributed by atoms with E-state index in [1.165, 1.54) is 25.2 Å². The highest BCUT2D eigenvalue weighted by Gasteiger charge is 2.14. The van der Waals surface area contributed by atoms with Crippen molar-refractivity contribution in [2.24, 2.45) is 0 Å². The summed E-state index contributed by atoms with van der Waals surface area (Å²) in [6, 6.07) is 12.2. The summed E-state index contributed by atoms with van der Waals surface area (Å²) in [6.45, 7) is 0. The number of carbonyl (C=O) groups is 1. The Labute approximate surface area is 138 Å². The van der Waals surface area contributed by atoms with E-state index in [4.69, 9.17) is 9.47 Å². The Hall–Kier alpha value is -3.42. The summed E-state index contributed by atoms with van der Waals surface area (Å²) in [5.74, 6) is 0.700. The second kappa shape index (κ2) is 6.78. The fraction of sp³-hybridized carbons (Fsp3) is 0.125. The molecule has 122 valence electrons. The van der Waals surface area contributed by atoms with Crippen molar-refractivity contribution in [1.82, 2.24) is 20.2 Å². The molecule has 0 fully saturated rings. The second-order valence-corrected chi connectivity index (χ2v) is 4.79. The number of ether oxygens (including phenoxy) is 2. The third kappa shape index (κ3) is 3.02. The predicted molar refractivity (Wildman–Crippen MR) is 86.7 cm³/mol. The topological polar surface area (TPSA) is 91.2 Å². The Balaban J connectivity index is 1.88. The van der Waals surface area contributed by atoms with Gasteiger partial charge < -0.3 is 14.8 Å².